The molecule has 2 aliphatic rings. The Bertz CT molecular complexity index is 986. The second kappa shape index (κ2) is 8.54. The van der Waals surface area contributed by atoms with Gasteiger partial charge >= 0.3 is 0 Å². The molecule has 7 heteroatoms. The molecule has 1 saturated heterocycles. The lowest BCUT2D eigenvalue weighted by atomic mass is 9.87. The van der Waals surface area contributed by atoms with Crippen LogP contribution in [0.5, 0.6) is 5.75 Å². The molecule has 0 aromatic heterocycles. The second-order valence-electron chi connectivity index (χ2n) is 7.56. The predicted molar refractivity (Wildman–Crippen MR) is 107 cm³/mol. The SMILES string of the molecule is N#CCCN1C[C@H]2COc3ccccc3[C@H]2N(C(=O)c2ccc(F)cc2)CCC1=O. The Hall–Kier alpha value is -3.40. The van der Waals surface area contributed by atoms with Crippen LogP contribution in [0, 0.1) is 23.1 Å². The Morgan fingerprint density at radius 1 is 1.20 bits per heavy atom. The summed E-state index contributed by atoms with van der Waals surface area (Å²) in [4.78, 5) is 29.6. The van der Waals surface area contributed by atoms with Crippen LogP contribution >= 0.6 is 0 Å². The van der Waals surface area contributed by atoms with Crippen molar-refractivity contribution in [2.75, 3.05) is 26.2 Å². The van der Waals surface area contributed by atoms with E-state index in [1.807, 2.05) is 24.3 Å². The first kappa shape index (κ1) is 19.9. The van der Waals surface area contributed by atoms with Crippen LogP contribution in [0.15, 0.2) is 48.5 Å². The molecule has 1 fully saturated rings. The van der Waals surface area contributed by atoms with Crippen molar-refractivity contribution in [3.05, 3.63) is 65.5 Å². The van der Waals surface area contributed by atoms with E-state index in [0.717, 1.165) is 11.3 Å². The maximum absolute atomic E-state index is 13.4. The maximum Gasteiger partial charge on any atom is 0.254 e. The van der Waals surface area contributed by atoms with E-state index in [2.05, 4.69) is 6.07 Å². The van der Waals surface area contributed by atoms with Gasteiger partial charge in [-0.25, -0.2) is 4.39 Å². The predicted octanol–water partition coefficient (Wildman–Crippen LogP) is 3.16. The number of hydrogen-bond donors (Lipinski definition) is 0. The fraction of sp³-hybridized carbons (Fsp3) is 0.348. The summed E-state index contributed by atoms with van der Waals surface area (Å²) in [6.07, 6.45) is 0.434. The Morgan fingerprint density at radius 3 is 2.73 bits per heavy atom. The average Bonchev–Trinajstić information content (AvgIpc) is 2.76. The zero-order valence-corrected chi connectivity index (χ0v) is 16.5. The van der Waals surface area contributed by atoms with E-state index >= 15 is 0 Å². The van der Waals surface area contributed by atoms with Gasteiger partial charge in [-0.3, -0.25) is 9.59 Å². The van der Waals surface area contributed by atoms with Gasteiger partial charge in [-0.05, 0) is 30.3 Å². The lowest BCUT2D eigenvalue weighted by molar-refractivity contribution is -0.134. The highest BCUT2D eigenvalue weighted by molar-refractivity contribution is 5.95. The summed E-state index contributed by atoms with van der Waals surface area (Å²) in [5.74, 6) is -0.130. The van der Waals surface area contributed by atoms with E-state index in [4.69, 9.17) is 10.00 Å². The Balaban J connectivity index is 1.72. The molecule has 154 valence electrons. The van der Waals surface area contributed by atoms with E-state index in [0.29, 0.717) is 25.3 Å². The smallest absolute Gasteiger partial charge is 0.254 e. The molecule has 0 aliphatic carbocycles. The third-order valence-electron chi connectivity index (χ3n) is 5.69. The standard InChI is InChI=1S/C23H22FN3O3/c24-18-8-6-16(7-9-18)23(29)27-13-10-21(28)26(12-3-11-25)14-17-15-30-20-5-2-1-4-19(20)22(17)27/h1-2,4-9,17,22H,3,10,12-15H2/t17-,22-/m0/s1. The first-order valence-electron chi connectivity index (χ1n) is 10.0. The van der Waals surface area contributed by atoms with Crippen molar-refractivity contribution in [2.45, 2.75) is 18.9 Å². The largest absolute Gasteiger partial charge is 0.493 e. The summed E-state index contributed by atoms with van der Waals surface area (Å²) >= 11 is 0. The molecule has 2 heterocycles. The quantitative estimate of drug-likeness (QED) is 0.783. The van der Waals surface area contributed by atoms with Gasteiger partial charge in [0.15, 0.2) is 0 Å². The molecule has 2 atom stereocenters. The van der Waals surface area contributed by atoms with Gasteiger partial charge < -0.3 is 14.5 Å². The molecule has 2 aliphatic heterocycles. The van der Waals surface area contributed by atoms with E-state index in [1.54, 1.807) is 9.80 Å². The number of para-hydroxylation sites is 1. The third-order valence-corrected chi connectivity index (χ3v) is 5.69. The first-order valence-corrected chi connectivity index (χ1v) is 10.0. The molecule has 0 spiro atoms. The van der Waals surface area contributed by atoms with Crippen LogP contribution in [0.25, 0.3) is 0 Å². The van der Waals surface area contributed by atoms with Crippen LogP contribution in [0.1, 0.15) is 34.8 Å². The highest BCUT2D eigenvalue weighted by Crippen LogP contribution is 2.41. The van der Waals surface area contributed by atoms with Crippen molar-refractivity contribution >= 4 is 11.8 Å². The molecule has 0 saturated carbocycles. The number of carbonyl (C=O) groups excluding carboxylic acids is 2. The Labute approximate surface area is 174 Å². The van der Waals surface area contributed by atoms with Crippen molar-refractivity contribution in [1.82, 2.24) is 9.80 Å². The molecule has 30 heavy (non-hydrogen) atoms. The topological polar surface area (TPSA) is 73.6 Å². The number of ether oxygens (including phenoxy) is 1. The van der Waals surface area contributed by atoms with Gasteiger partial charge in [0.1, 0.15) is 11.6 Å². The van der Waals surface area contributed by atoms with Gasteiger partial charge in [0.25, 0.3) is 5.91 Å². The highest BCUT2D eigenvalue weighted by atomic mass is 19.1. The lowest BCUT2D eigenvalue weighted by Crippen LogP contribution is -2.51. The maximum atomic E-state index is 13.4. The zero-order chi connectivity index (χ0) is 21.1. The number of halogens is 1. The fourth-order valence-corrected chi connectivity index (χ4v) is 4.26. The number of carbonyl (C=O) groups is 2. The van der Waals surface area contributed by atoms with Crippen LogP contribution in [0.4, 0.5) is 4.39 Å². The molecule has 0 N–H and O–H groups in total. The number of nitriles is 1. The molecule has 2 aromatic rings. The van der Waals surface area contributed by atoms with Gasteiger partial charge in [0.05, 0.1) is 25.1 Å². The van der Waals surface area contributed by atoms with Crippen LogP contribution < -0.4 is 4.74 Å². The minimum atomic E-state index is -0.406. The van der Waals surface area contributed by atoms with Crippen molar-refractivity contribution in [2.24, 2.45) is 5.92 Å². The van der Waals surface area contributed by atoms with Gasteiger partial charge in [0.2, 0.25) is 5.91 Å². The van der Waals surface area contributed by atoms with Gasteiger partial charge in [0, 0.05) is 43.1 Å². The highest BCUT2D eigenvalue weighted by Gasteiger charge is 2.41. The summed E-state index contributed by atoms with van der Waals surface area (Å²) in [7, 11) is 0. The van der Waals surface area contributed by atoms with Crippen LogP contribution in [-0.2, 0) is 4.79 Å². The average molecular weight is 407 g/mol. The monoisotopic (exact) mass is 407 g/mol. The van der Waals surface area contributed by atoms with Crippen LogP contribution in [0.2, 0.25) is 0 Å². The van der Waals surface area contributed by atoms with Crippen molar-refractivity contribution < 1.29 is 18.7 Å². The number of benzene rings is 2. The first-order chi connectivity index (χ1) is 14.6. The molecule has 0 unspecified atom stereocenters. The summed E-state index contributed by atoms with van der Waals surface area (Å²) in [6, 6.07) is 14.9. The number of fused-ring (bicyclic) bond motifs is 3. The van der Waals surface area contributed by atoms with Crippen molar-refractivity contribution in [1.29, 1.82) is 5.26 Å². The number of hydrogen-bond acceptors (Lipinski definition) is 4. The normalized spacial score (nSPS) is 20.9. The van der Waals surface area contributed by atoms with Gasteiger partial charge in [-0.15, -0.1) is 0 Å². The van der Waals surface area contributed by atoms with Crippen molar-refractivity contribution in [3.8, 4) is 11.8 Å². The van der Waals surface area contributed by atoms with Gasteiger partial charge in [-0.2, -0.15) is 5.26 Å². The Kier molecular flexibility index (Phi) is 5.66. The van der Waals surface area contributed by atoms with E-state index in [1.165, 1.54) is 24.3 Å². The zero-order valence-electron chi connectivity index (χ0n) is 16.5. The minimum Gasteiger partial charge on any atom is -0.493 e. The Morgan fingerprint density at radius 2 is 1.97 bits per heavy atom. The fourth-order valence-electron chi connectivity index (χ4n) is 4.26. The summed E-state index contributed by atoms with van der Waals surface area (Å²) in [5, 5.41) is 8.94. The van der Waals surface area contributed by atoms with E-state index in [9.17, 15) is 14.0 Å². The summed E-state index contributed by atoms with van der Waals surface area (Å²) < 4.78 is 19.3. The number of nitrogens with zero attached hydrogens (tertiary/aromatic N) is 3. The molecular formula is C23H22FN3O3. The third kappa shape index (κ3) is 3.86. The molecule has 4 rings (SSSR count). The van der Waals surface area contributed by atoms with E-state index < -0.39 is 5.82 Å². The molecule has 0 radical (unpaired) electrons. The van der Waals surface area contributed by atoms with E-state index in [-0.39, 0.29) is 43.2 Å². The molecule has 2 aromatic carbocycles. The minimum absolute atomic E-state index is 0.0838. The summed E-state index contributed by atoms with van der Waals surface area (Å²) in [6.45, 7) is 1.39. The molecule has 0 bridgehead atoms. The van der Waals surface area contributed by atoms with Crippen LogP contribution in [0.3, 0.4) is 0 Å². The summed E-state index contributed by atoms with van der Waals surface area (Å²) in [5.41, 5.74) is 1.28. The van der Waals surface area contributed by atoms with Crippen molar-refractivity contribution in [3.63, 3.8) is 0 Å². The number of amides is 2. The van der Waals surface area contributed by atoms with Crippen LogP contribution in [-0.4, -0.2) is 47.9 Å². The number of rotatable bonds is 3. The molecule has 6 nitrogen and oxygen atoms in total. The molecule has 2 amide bonds. The second-order valence-corrected chi connectivity index (χ2v) is 7.56. The molecular weight excluding hydrogens is 385 g/mol. The lowest BCUT2D eigenvalue weighted by Gasteiger charge is -2.44. The van der Waals surface area contributed by atoms with Gasteiger partial charge in [-0.1, -0.05) is 18.2 Å².